The van der Waals surface area contributed by atoms with Crippen molar-refractivity contribution in [3.05, 3.63) is 82.0 Å². The summed E-state index contributed by atoms with van der Waals surface area (Å²) in [4.78, 5) is 12.2. The van der Waals surface area contributed by atoms with Gasteiger partial charge in [-0.15, -0.1) is 0 Å². The summed E-state index contributed by atoms with van der Waals surface area (Å²) < 4.78 is 37.7. The average molecular weight is 361 g/mol. The molecular formula is C19H14F3NOS. The summed E-state index contributed by atoms with van der Waals surface area (Å²) >= 11 is 1.59. The number of hydrogen-bond acceptors (Lipinski definition) is 2. The predicted molar refractivity (Wildman–Crippen MR) is 92.4 cm³/mol. The molecule has 0 radical (unpaired) electrons. The van der Waals surface area contributed by atoms with E-state index in [-0.39, 0.29) is 5.56 Å². The van der Waals surface area contributed by atoms with Gasteiger partial charge in [0.15, 0.2) is 0 Å². The number of thiophene rings is 1. The van der Waals surface area contributed by atoms with Crippen LogP contribution in [-0.2, 0) is 12.7 Å². The quantitative estimate of drug-likeness (QED) is 0.666. The lowest BCUT2D eigenvalue weighted by molar-refractivity contribution is -0.137. The topological polar surface area (TPSA) is 29.1 Å². The highest BCUT2D eigenvalue weighted by atomic mass is 32.1. The smallest absolute Gasteiger partial charge is 0.348 e. The van der Waals surface area contributed by atoms with Crippen molar-refractivity contribution in [2.75, 3.05) is 0 Å². The van der Waals surface area contributed by atoms with Crippen LogP contribution in [0.15, 0.2) is 65.4 Å². The number of benzene rings is 2. The van der Waals surface area contributed by atoms with Crippen molar-refractivity contribution in [3.63, 3.8) is 0 Å². The molecule has 1 aromatic heterocycles. The highest BCUT2D eigenvalue weighted by Gasteiger charge is 2.30. The molecule has 1 N–H and O–H groups in total. The molecule has 0 aliphatic carbocycles. The number of nitrogens with one attached hydrogen (secondary N) is 1. The molecule has 0 saturated carbocycles. The minimum Gasteiger partial charge on any atom is -0.348 e. The molecule has 6 heteroatoms. The Balaban J connectivity index is 1.71. The fourth-order valence-corrected chi connectivity index (χ4v) is 3.12. The van der Waals surface area contributed by atoms with Gasteiger partial charge >= 0.3 is 6.18 Å². The molecule has 1 heterocycles. The van der Waals surface area contributed by atoms with Crippen LogP contribution in [0.1, 0.15) is 21.5 Å². The van der Waals surface area contributed by atoms with Gasteiger partial charge in [-0.25, -0.2) is 0 Å². The Morgan fingerprint density at radius 3 is 2.36 bits per heavy atom. The summed E-state index contributed by atoms with van der Waals surface area (Å²) in [5.41, 5.74) is 2.47. The maximum Gasteiger partial charge on any atom is 0.416 e. The first-order valence-corrected chi connectivity index (χ1v) is 8.45. The van der Waals surface area contributed by atoms with Crippen LogP contribution in [0.3, 0.4) is 0 Å². The van der Waals surface area contributed by atoms with E-state index in [4.69, 9.17) is 0 Å². The minimum absolute atomic E-state index is 0.195. The van der Waals surface area contributed by atoms with Gasteiger partial charge in [0.25, 0.3) is 5.91 Å². The molecule has 0 unspecified atom stereocenters. The van der Waals surface area contributed by atoms with Crippen molar-refractivity contribution >= 4 is 17.2 Å². The van der Waals surface area contributed by atoms with Gasteiger partial charge in [0.1, 0.15) is 0 Å². The Bertz CT molecular complexity index is 855. The Hall–Kier alpha value is -2.60. The Kier molecular flexibility index (Phi) is 4.90. The Morgan fingerprint density at radius 1 is 1.00 bits per heavy atom. The number of halogens is 3. The van der Waals surface area contributed by atoms with Crippen molar-refractivity contribution in [1.29, 1.82) is 0 Å². The van der Waals surface area contributed by atoms with Crippen molar-refractivity contribution in [1.82, 2.24) is 5.32 Å². The molecule has 3 rings (SSSR count). The van der Waals surface area contributed by atoms with E-state index >= 15 is 0 Å². The fourth-order valence-electron chi connectivity index (χ4n) is 2.46. The van der Waals surface area contributed by atoms with Gasteiger partial charge in [-0.1, -0.05) is 24.3 Å². The first-order chi connectivity index (χ1) is 11.9. The van der Waals surface area contributed by atoms with Crippen molar-refractivity contribution in [2.45, 2.75) is 12.7 Å². The molecule has 0 aliphatic rings. The van der Waals surface area contributed by atoms with E-state index in [1.54, 1.807) is 11.3 Å². The first-order valence-electron chi connectivity index (χ1n) is 7.51. The molecule has 0 atom stereocenters. The van der Waals surface area contributed by atoms with E-state index in [1.807, 2.05) is 41.1 Å². The molecule has 0 fully saturated rings. The molecule has 3 aromatic rings. The number of alkyl halides is 3. The molecule has 1 amide bonds. The molecule has 2 nitrogen and oxygen atoms in total. The molecule has 0 spiro atoms. The lowest BCUT2D eigenvalue weighted by Crippen LogP contribution is -2.23. The molecule has 25 heavy (non-hydrogen) atoms. The summed E-state index contributed by atoms with van der Waals surface area (Å²) in [5, 5.41) is 6.76. The van der Waals surface area contributed by atoms with Crippen molar-refractivity contribution < 1.29 is 18.0 Å². The number of carbonyl (C=O) groups excluding carboxylic acids is 1. The monoisotopic (exact) mass is 361 g/mol. The van der Waals surface area contributed by atoms with Gasteiger partial charge in [0, 0.05) is 12.1 Å². The van der Waals surface area contributed by atoms with Crippen molar-refractivity contribution in [3.8, 4) is 11.1 Å². The second-order valence-corrected chi connectivity index (χ2v) is 6.21. The second kappa shape index (κ2) is 7.11. The SMILES string of the molecule is O=C(NCc1ccccc1-c1ccsc1)c1ccc(C(F)(F)F)cc1. The molecule has 0 aliphatic heterocycles. The van der Waals surface area contributed by atoms with Gasteiger partial charge < -0.3 is 5.32 Å². The highest BCUT2D eigenvalue weighted by Crippen LogP contribution is 2.29. The molecule has 2 aromatic carbocycles. The van der Waals surface area contributed by atoms with Crippen LogP contribution in [0.2, 0.25) is 0 Å². The number of hydrogen-bond donors (Lipinski definition) is 1. The predicted octanol–water partition coefficient (Wildman–Crippen LogP) is 5.36. The lowest BCUT2D eigenvalue weighted by Gasteiger charge is -2.11. The van der Waals surface area contributed by atoms with Gasteiger partial charge in [0.2, 0.25) is 0 Å². The number of amides is 1. The highest BCUT2D eigenvalue weighted by molar-refractivity contribution is 7.08. The standard InChI is InChI=1S/C19H14F3NOS/c20-19(21,22)16-7-5-13(6-8-16)18(24)23-11-14-3-1-2-4-17(14)15-9-10-25-12-15/h1-10,12H,11H2,(H,23,24). The van der Waals surface area contributed by atoms with E-state index in [9.17, 15) is 18.0 Å². The molecular weight excluding hydrogens is 347 g/mol. The first kappa shape index (κ1) is 17.2. The van der Waals surface area contributed by atoms with Crippen LogP contribution in [0, 0.1) is 0 Å². The Morgan fingerprint density at radius 2 is 1.72 bits per heavy atom. The van der Waals surface area contributed by atoms with E-state index in [0.717, 1.165) is 28.8 Å². The van der Waals surface area contributed by atoms with Crippen LogP contribution in [0.25, 0.3) is 11.1 Å². The summed E-state index contributed by atoms with van der Waals surface area (Å²) in [6.07, 6.45) is -4.41. The van der Waals surface area contributed by atoms with Gasteiger partial charge in [-0.2, -0.15) is 24.5 Å². The summed E-state index contributed by atoms with van der Waals surface area (Å²) in [6, 6.07) is 13.9. The van der Waals surface area contributed by atoms with E-state index < -0.39 is 17.6 Å². The Labute approximate surface area is 146 Å². The summed E-state index contributed by atoms with van der Waals surface area (Å²) in [7, 11) is 0. The average Bonchev–Trinajstić information content (AvgIpc) is 3.14. The minimum atomic E-state index is -4.41. The molecule has 128 valence electrons. The van der Waals surface area contributed by atoms with E-state index in [0.29, 0.717) is 6.54 Å². The van der Waals surface area contributed by atoms with Crippen LogP contribution in [0.5, 0.6) is 0 Å². The lowest BCUT2D eigenvalue weighted by atomic mass is 10.0. The van der Waals surface area contributed by atoms with Crippen LogP contribution < -0.4 is 5.32 Å². The maximum absolute atomic E-state index is 12.6. The maximum atomic E-state index is 12.6. The third kappa shape index (κ3) is 4.09. The molecule has 0 saturated heterocycles. The van der Waals surface area contributed by atoms with E-state index in [1.165, 1.54) is 12.1 Å². The number of rotatable bonds is 4. The third-order valence-electron chi connectivity index (χ3n) is 3.76. The fraction of sp³-hybridized carbons (Fsp3) is 0.105. The van der Waals surface area contributed by atoms with E-state index in [2.05, 4.69) is 5.32 Å². The number of carbonyl (C=O) groups is 1. The van der Waals surface area contributed by atoms with Crippen LogP contribution in [-0.4, -0.2) is 5.91 Å². The van der Waals surface area contributed by atoms with Gasteiger partial charge in [0.05, 0.1) is 5.56 Å². The van der Waals surface area contributed by atoms with Gasteiger partial charge in [-0.3, -0.25) is 4.79 Å². The zero-order valence-corrected chi connectivity index (χ0v) is 13.8. The summed E-state index contributed by atoms with van der Waals surface area (Å²) in [6.45, 7) is 0.297. The molecule has 0 bridgehead atoms. The zero-order chi connectivity index (χ0) is 17.9. The normalized spacial score (nSPS) is 11.3. The largest absolute Gasteiger partial charge is 0.416 e. The second-order valence-electron chi connectivity index (χ2n) is 5.43. The van der Waals surface area contributed by atoms with Gasteiger partial charge in [-0.05, 0) is 57.8 Å². The zero-order valence-electron chi connectivity index (χ0n) is 13.0. The van der Waals surface area contributed by atoms with Crippen LogP contribution in [0.4, 0.5) is 13.2 Å². The van der Waals surface area contributed by atoms with Crippen LogP contribution >= 0.6 is 11.3 Å². The van der Waals surface area contributed by atoms with Crippen molar-refractivity contribution in [2.24, 2.45) is 0 Å². The third-order valence-corrected chi connectivity index (χ3v) is 4.45. The summed E-state index contributed by atoms with van der Waals surface area (Å²) in [5.74, 6) is -0.408.